The van der Waals surface area contributed by atoms with E-state index in [1.807, 2.05) is 19.1 Å². The number of methoxy groups -OCH3 is 2. The highest BCUT2D eigenvalue weighted by atomic mass is 16.5. The number of aryl methyl sites for hydroxylation is 1. The number of rotatable bonds is 7. The molecule has 0 unspecified atom stereocenters. The number of amides is 2. The Morgan fingerprint density at radius 2 is 1.95 bits per heavy atom. The van der Waals surface area contributed by atoms with Gasteiger partial charge in [-0.2, -0.15) is 0 Å². The maximum atomic E-state index is 11.4. The number of hydrogen-bond donors (Lipinski definition) is 2. The van der Waals surface area contributed by atoms with Gasteiger partial charge in [-0.1, -0.05) is 17.7 Å². The number of hydrogen-bond acceptors (Lipinski definition) is 3. The molecule has 0 radical (unpaired) electrons. The van der Waals surface area contributed by atoms with Gasteiger partial charge in [-0.05, 0) is 25.0 Å². The van der Waals surface area contributed by atoms with Crippen LogP contribution >= 0.6 is 0 Å². The number of carbonyl (C=O) groups is 1. The Balaban J connectivity index is 2.36. The van der Waals surface area contributed by atoms with Crippen LogP contribution in [0.5, 0.6) is 5.75 Å². The van der Waals surface area contributed by atoms with Crippen molar-refractivity contribution >= 4 is 6.03 Å². The summed E-state index contributed by atoms with van der Waals surface area (Å²) in [5, 5.41) is 5.50. The minimum Gasteiger partial charge on any atom is -0.496 e. The zero-order valence-corrected chi connectivity index (χ0v) is 11.8. The number of urea groups is 1. The zero-order valence-electron chi connectivity index (χ0n) is 11.8. The second-order valence-electron chi connectivity index (χ2n) is 4.24. The monoisotopic (exact) mass is 266 g/mol. The molecule has 1 aromatic rings. The van der Waals surface area contributed by atoms with E-state index in [0.29, 0.717) is 19.7 Å². The van der Waals surface area contributed by atoms with Crippen LogP contribution in [0.3, 0.4) is 0 Å². The molecule has 5 nitrogen and oxygen atoms in total. The third kappa shape index (κ3) is 5.61. The Labute approximate surface area is 114 Å². The molecule has 0 aromatic heterocycles. The molecule has 0 saturated heterocycles. The minimum atomic E-state index is -0.177. The lowest BCUT2D eigenvalue weighted by atomic mass is 10.1. The predicted molar refractivity (Wildman–Crippen MR) is 74.7 cm³/mol. The standard InChI is InChI=1S/C14H22N2O3/c1-11-4-5-13(19-3)12(10-11)6-7-15-14(17)16-8-9-18-2/h4-5,10H,6-9H2,1-3H3,(H2,15,16,17). The fourth-order valence-corrected chi connectivity index (χ4v) is 1.74. The normalized spacial score (nSPS) is 10.1. The van der Waals surface area contributed by atoms with Gasteiger partial charge in [0, 0.05) is 20.2 Å². The van der Waals surface area contributed by atoms with Crippen LogP contribution in [0.15, 0.2) is 18.2 Å². The van der Waals surface area contributed by atoms with Gasteiger partial charge in [-0.15, -0.1) is 0 Å². The van der Waals surface area contributed by atoms with Gasteiger partial charge in [0.1, 0.15) is 5.75 Å². The van der Waals surface area contributed by atoms with E-state index in [0.717, 1.165) is 17.7 Å². The molecule has 2 N–H and O–H groups in total. The van der Waals surface area contributed by atoms with Crippen LogP contribution in [-0.4, -0.2) is 39.9 Å². The summed E-state index contributed by atoms with van der Waals surface area (Å²) in [7, 11) is 3.25. The first-order chi connectivity index (χ1) is 9.17. The van der Waals surface area contributed by atoms with Crippen LogP contribution in [0.4, 0.5) is 4.79 Å². The summed E-state index contributed by atoms with van der Waals surface area (Å²) < 4.78 is 10.1. The Bertz CT molecular complexity index is 408. The topological polar surface area (TPSA) is 59.6 Å². The van der Waals surface area contributed by atoms with Gasteiger partial charge in [0.05, 0.1) is 13.7 Å². The van der Waals surface area contributed by atoms with E-state index in [9.17, 15) is 4.79 Å². The molecule has 0 heterocycles. The second-order valence-corrected chi connectivity index (χ2v) is 4.24. The molecule has 0 aliphatic heterocycles. The Hall–Kier alpha value is -1.75. The van der Waals surface area contributed by atoms with Crippen molar-refractivity contribution < 1.29 is 14.3 Å². The summed E-state index contributed by atoms with van der Waals surface area (Å²) in [6, 6.07) is 5.85. The van der Waals surface area contributed by atoms with E-state index in [4.69, 9.17) is 9.47 Å². The molecular formula is C14H22N2O3. The molecule has 2 amide bonds. The largest absolute Gasteiger partial charge is 0.496 e. The SMILES string of the molecule is COCCNC(=O)NCCc1cc(C)ccc1OC. The molecule has 5 heteroatoms. The van der Waals surface area contributed by atoms with E-state index in [2.05, 4.69) is 16.7 Å². The molecule has 106 valence electrons. The fraction of sp³-hybridized carbons (Fsp3) is 0.500. The van der Waals surface area contributed by atoms with Crippen molar-refractivity contribution in [2.45, 2.75) is 13.3 Å². The number of benzene rings is 1. The lowest BCUT2D eigenvalue weighted by Crippen LogP contribution is -2.38. The average Bonchev–Trinajstić information content (AvgIpc) is 2.39. The molecule has 0 aliphatic rings. The second kappa shape index (κ2) is 8.37. The van der Waals surface area contributed by atoms with E-state index in [1.165, 1.54) is 5.56 Å². The quantitative estimate of drug-likeness (QED) is 0.735. The molecule has 0 bridgehead atoms. The van der Waals surface area contributed by atoms with Crippen LogP contribution in [0.2, 0.25) is 0 Å². The third-order valence-corrected chi connectivity index (χ3v) is 2.71. The van der Waals surface area contributed by atoms with Gasteiger partial charge >= 0.3 is 6.03 Å². The molecule has 0 fully saturated rings. The highest BCUT2D eigenvalue weighted by Crippen LogP contribution is 2.19. The molecule has 0 atom stereocenters. The first-order valence-electron chi connectivity index (χ1n) is 6.31. The molecule has 1 aromatic carbocycles. The third-order valence-electron chi connectivity index (χ3n) is 2.71. The Kier molecular flexibility index (Phi) is 6.74. The average molecular weight is 266 g/mol. The maximum absolute atomic E-state index is 11.4. The Morgan fingerprint density at radius 3 is 2.63 bits per heavy atom. The van der Waals surface area contributed by atoms with Crippen molar-refractivity contribution in [2.24, 2.45) is 0 Å². The number of carbonyl (C=O) groups excluding carboxylic acids is 1. The van der Waals surface area contributed by atoms with Crippen molar-refractivity contribution in [1.82, 2.24) is 10.6 Å². The van der Waals surface area contributed by atoms with Crippen LogP contribution in [-0.2, 0) is 11.2 Å². The summed E-state index contributed by atoms with van der Waals surface area (Å²) in [5.41, 5.74) is 2.28. The van der Waals surface area contributed by atoms with Crippen molar-refractivity contribution in [3.05, 3.63) is 29.3 Å². The van der Waals surface area contributed by atoms with Gasteiger partial charge in [-0.3, -0.25) is 0 Å². The van der Waals surface area contributed by atoms with E-state index in [1.54, 1.807) is 14.2 Å². The van der Waals surface area contributed by atoms with Crippen LogP contribution in [0.25, 0.3) is 0 Å². The first-order valence-corrected chi connectivity index (χ1v) is 6.31. The van der Waals surface area contributed by atoms with E-state index < -0.39 is 0 Å². The van der Waals surface area contributed by atoms with Crippen molar-refractivity contribution in [3.8, 4) is 5.75 Å². The van der Waals surface area contributed by atoms with Crippen LogP contribution in [0.1, 0.15) is 11.1 Å². The van der Waals surface area contributed by atoms with E-state index in [-0.39, 0.29) is 6.03 Å². The summed E-state index contributed by atoms with van der Waals surface area (Å²) in [6.07, 6.45) is 0.739. The Morgan fingerprint density at radius 1 is 1.21 bits per heavy atom. The van der Waals surface area contributed by atoms with Crippen molar-refractivity contribution in [3.63, 3.8) is 0 Å². The van der Waals surface area contributed by atoms with Gasteiger partial charge in [0.2, 0.25) is 0 Å². The predicted octanol–water partition coefficient (Wildman–Crippen LogP) is 1.49. The molecular weight excluding hydrogens is 244 g/mol. The first kappa shape index (κ1) is 15.3. The smallest absolute Gasteiger partial charge is 0.314 e. The number of ether oxygens (including phenoxy) is 2. The maximum Gasteiger partial charge on any atom is 0.314 e. The summed E-state index contributed by atoms with van der Waals surface area (Å²) in [6.45, 7) is 3.63. The molecule has 0 aliphatic carbocycles. The lowest BCUT2D eigenvalue weighted by Gasteiger charge is -2.11. The van der Waals surface area contributed by atoms with Crippen LogP contribution < -0.4 is 15.4 Å². The minimum absolute atomic E-state index is 0.177. The van der Waals surface area contributed by atoms with Gasteiger partial charge in [0.25, 0.3) is 0 Å². The molecule has 1 rings (SSSR count). The zero-order chi connectivity index (χ0) is 14.1. The van der Waals surface area contributed by atoms with Gasteiger partial charge in [0.15, 0.2) is 0 Å². The molecule has 0 saturated carbocycles. The highest BCUT2D eigenvalue weighted by molar-refractivity contribution is 5.73. The van der Waals surface area contributed by atoms with Crippen molar-refractivity contribution in [1.29, 1.82) is 0 Å². The number of nitrogens with one attached hydrogen (secondary N) is 2. The van der Waals surface area contributed by atoms with Gasteiger partial charge < -0.3 is 20.1 Å². The lowest BCUT2D eigenvalue weighted by molar-refractivity contribution is 0.196. The van der Waals surface area contributed by atoms with Gasteiger partial charge in [-0.25, -0.2) is 4.79 Å². The van der Waals surface area contributed by atoms with E-state index >= 15 is 0 Å². The molecule has 0 spiro atoms. The fourth-order valence-electron chi connectivity index (χ4n) is 1.74. The summed E-state index contributed by atoms with van der Waals surface area (Å²) >= 11 is 0. The molecule has 19 heavy (non-hydrogen) atoms. The van der Waals surface area contributed by atoms with Crippen molar-refractivity contribution in [2.75, 3.05) is 33.9 Å². The summed E-state index contributed by atoms with van der Waals surface area (Å²) in [4.78, 5) is 11.4. The highest BCUT2D eigenvalue weighted by Gasteiger charge is 2.04. The summed E-state index contributed by atoms with van der Waals surface area (Å²) in [5.74, 6) is 0.854. The van der Waals surface area contributed by atoms with Crippen LogP contribution in [0, 0.1) is 6.92 Å².